The van der Waals surface area contributed by atoms with Crippen molar-refractivity contribution in [2.75, 3.05) is 24.3 Å². The molecule has 0 saturated carbocycles. The first-order chi connectivity index (χ1) is 10.3. The Bertz CT molecular complexity index is 663. The molecule has 1 N–H and O–H groups in total. The molecule has 0 spiro atoms. The van der Waals surface area contributed by atoms with Crippen LogP contribution in [0.5, 0.6) is 0 Å². The first-order valence-corrected chi connectivity index (χ1v) is 7.03. The van der Waals surface area contributed by atoms with Gasteiger partial charge in [-0.2, -0.15) is 0 Å². The van der Waals surface area contributed by atoms with Gasteiger partial charge in [0, 0.05) is 19.7 Å². The zero-order chi connectivity index (χ0) is 16.4. The number of carbonyl (C=O) groups excluding carboxylic acids is 1. The number of nitrogens with one attached hydrogen (secondary N) is 1. The molecule has 2 aromatic rings. The van der Waals surface area contributed by atoms with Crippen LogP contribution >= 0.6 is 0 Å². The number of rotatable bonds is 4. The van der Waals surface area contributed by atoms with E-state index in [1.54, 1.807) is 6.92 Å². The maximum absolute atomic E-state index is 12.3. The molecule has 0 aliphatic heterocycles. The minimum Gasteiger partial charge on any atom is -0.361 e. The normalized spacial score (nSPS) is 10.6. The fourth-order valence-electron chi connectivity index (χ4n) is 2.18. The highest BCUT2D eigenvalue weighted by atomic mass is 16.5. The lowest BCUT2D eigenvalue weighted by molar-refractivity contribution is -0.115. The number of nitrogens with zero attached hydrogens (tertiary/aromatic N) is 4. The van der Waals surface area contributed by atoms with E-state index in [0.29, 0.717) is 17.4 Å². The van der Waals surface area contributed by atoms with Crippen molar-refractivity contribution >= 4 is 17.5 Å². The van der Waals surface area contributed by atoms with Crippen LogP contribution in [0.1, 0.15) is 28.4 Å². The molecular weight excluding hydrogens is 282 g/mol. The molecule has 2 rings (SSSR count). The highest BCUT2D eigenvalue weighted by Gasteiger charge is 2.16. The Morgan fingerprint density at radius 3 is 2.14 bits per heavy atom. The largest absolute Gasteiger partial charge is 0.361 e. The third kappa shape index (κ3) is 3.24. The van der Waals surface area contributed by atoms with Crippen molar-refractivity contribution in [3.8, 4) is 0 Å². The van der Waals surface area contributed by atoms with E-state index in [1.165, 1.54) is 0 Å². The van der Waals surface area contributed by atoms with Crippen molar-refractivity contribution in [3.63, 3.8) is 0 Å². The van der Waals surface area contributed by atoms with E-state index in [4.69, 9.17) is 4.52 Å². The number of aryl methyl sites for hydroxylation is 4. The number of amides is 1. The molecule has 1 amide bonds. The maximum atomic E-state index is 12.3. The summed E-state index contributed by atoms with van der Waals surface area (Å²) in [5, 5.41) is 6.74. The average Bonchev–Trinajstić information content (AvgIpc) is 2.74. The molecule has 0 saturated heterocycles. The van der Waals surface area contributed by atoms with Gasteiger partial charge in [0.2, 0.25) is 11.9 Å². The van der Waals surface area contributed by atoms with Crippen LogP contribution in [0.15, 0.2) is 4.52 Å². The van der Waals surface area contributed by atoms with Crippen molar-refractivity contribution in [2.45, 2.75) is 34.1 Å². The van der Waals surface area contributed by atoms with E-state index in [-0.39, 0.29) is 12.3 Å². The Kier molecular flexibility index (Phi) is 4.44. The van der Waals surface area contributed by atoms with E-state index in [1.807, 2.05) is 39.8 Å². The molecule has 0 aliphatic rings. The van der Waals surface area contributed by atoms with Gasteiger partial charge >= 0.3 is 0 Å². The molecule has 7 nitrogen and oxygen atoms in total. The molecular formula is C15H21N5O2. The second-order valence-electron chi connectivity index (χ2n) is 5.49. The van der Waals surface area contributed by atoms with Gasteiger partial charge in [0.15, 0.2) is 0 Å². The van der Waals surface area contributed by atoms with Gasteiger partial charge in [-0.3, -0.25) is 4.79 Å². The molecule has 7 heteroatoms. The minimum atomic E-state index is -0.137. The number of hydrogen-bond acceptors (Lipinski definition) is 6. The zero-order valence-corrected chi connectivity index (χ0v) is 13.8. The lowest BCUT2D eigenvalue weighted by Gasteiger charge is -2.15. The van der Waals surface area contributed by atoms with Gasteiger partial charge < -0.3 is 14.7 Å². The highest BCUT2D eigenvalue weighted by molar-refractivity contribution is 5.93. The molecule has 0 aliphatic carbocycles. The fraction of sp³-hybridized carbons (Fsp3) is 0.467. The first-order valence-electron chi connectivity index (χ1n) is 7.03. The summed E-state index contributed by atoms with van der Waals surface area (Å²) in [6.45, 7) is 7.33. The zero-order valence-electron chi connectivity index (χ0n) is 13.8. The van der Waals surface area contributed by atoms with Gasteiger partial charge in [-0.25, -0.2) is 9.97 Å². The number of anilines is 2. The van der Waals surface area contributed by atoms with Crippen LogP contribution in [0.3, 0.4) is 0 Å². The van der Waals surface area contributed by atoms with E-state index < -0.39 is 0 Å². The summed E-state index contributed by atoms with van der Waals surface area (Å²) in [5.41, 5.74) is 3.69. The molecule has 0 aromatic carbocycles. The van der Waals surface area contributed by atoms with Crippen molar-refractivity contribution in [3.05, 3.63) is 28.4 Å². The molecule has 0 radical (unpaired) electrons. The van der Waals surface area contributed by atoms with E-state index in [2.05, 4.69) is 20.4 Å². The van der Waals surface area contributed by atoms with Crippen LogP contribution < -0.4 is 10.2 Å². The van der Waals surface area contributed by atoms with Crippen LogP contribution in [0.2, 0.25) is 0 Å². The van der Waals surface area contributed by atoms with Crippen molar-refractivity contribution in [1.82, 2.24) is 15.1 Å². The SMILES string of the molecule is Cc1noc(C)c1CC(=O)Nc1c(C)nc(N(C)C)nc1C. The highest BCUT2D eigenvalue weighted by Crippen LogP contribution is 2.20. The van der Waals surface area contributed by atoms with Gasteiger partial charge in [0.1, 0.15) is 5.76 Å². The van der Waals surface area contributed by atoms with Gasteiger partial charge in [0.25, 0.3) is 0 Å². The Hall–Kier alpha value is -2.44. The van der Waals surface area contributed by atoms with E-state index >= 15 is 0 Å². The van der Waals surface area contributed by atoms with Crippen LogP contribution in [-0.2, 0) is 11.2 Å². The summed E-state index contributed by atoms with van der Waals surface area (Å²) in [7, 11) is 3.76. The topological polar surface area (TPSA) is 84.2 Å². The van der Waals surface area contributed by atoms with E-state index in [0.717, 1.165) is 22.6 Å². The third-order valence-electron chi connectivity index (χ3n) is 3.44. The summed E-state index contributed by atoms with van der Waals surface area (Å²) in [4.78, 5) is 22.9. The van der Waals surface area contributed by atoms with Gasteiger partial charge in [-0.15, -0.1) is 0 Å². The summed E-state index contributed by atoms with van der Waals surface area (Å²) >= 11 is 0. The number of aromatic nitrogens is 3. The molecule has 2 aromatic heterocycles. The molecule has 118 valence electrons. The van der Waals surface area contributed by atoms with E-state index in [9.17, 15) is 4.79 Å². The van der Waals surface area contributed by atoms with Crippen molar-refractivity contribution < 1.29 is 9.32 Å². The molecule has 0 bridgehead atoms. The maximum Gasteiger partial charge on any atom is 0.229 e. The number of carbonyl (C=O) groups is 1. The van der Waals surface area contributed by atoms with Crippen molar-refractivity contribution in [2.24, 2.45) is 0 Å². The predicted molar refractivity (Wildman–Crippen MR) is 84.1 cm³/mol. The average molecular weight is 303 g/mol. The first kappa shape index (κ1) is 15.9. The molecule has 2 heterocycles. The fourth-order valence-corrected chi connectivity index (χ4v) is 2.18. The van der Waals surface area contributed by atoms with Crippen LogP contribution in [-0.4, -0.2) is 35.1 Å². The molecule has 22 heavy (non-hydrogen) atoms. The summed E-state index contributed by atoms with van der Waals surface area (Å²) in [5.74, 6) is 1.15. The van der Waals surface area contributed by atoms with Crippen molar-refractivity contribution in [1.29, 1.82) is 0 Å². The standard InChI is InChI=1S/C15H21N5O2/c1-8-12(11(4)22-19-8)7-13(21)18-14-9(2)16-15(20(5)6)17-10(14)3/h7H2,1-6H3,(H,18,21). The number of hydrogen-bond donors (Lipinski definition) is 1. The smallest absolute Gasteiger partial charge is 0.229 e. The van der Waals surface area contributed by atoms with Gasteiger partial charge in [-0.05, 0) is 27.7 Å². The molecule has 0 unspecified atom stereocenters. The Morgan fingerprint density at radius 2 is 1.68 bits per heavy atom. The second kappa shape index (κ2) is 6.13. The summed E-state index contributed by atoms with van der Waals surface area (Å²) in [6, 6.07) is 0. The van der Waals surface area contributed by atoms with Gasteiger partial charge in [0.05, 0.1) is 29.2 Å². The second-order valence-corrected chi connectivity index (χ2v) is 5.49. The molecule has 0 fully saturated rings. The Labute approximate surface area is 129 Å². The van der Waals surface area contributed by atoms with Gasteiger partial charge in [-0.1, -0.05) is 5.16 Å². The Morgan fingerprint density at radius 1 is 1.09 bits per heavy atom. The third-order valence-corrected chi connectivity index (χ3v) is 3.44. The van der Waals surface area contributed by atoms with Crippen LogP contribution in [0, 0.1) is 27.7 Å². The summed E-state index contributed by atoms with van der Waals surface area (Å²) in [6.07, 6.45) is 0.218. The monoisotopic (exact) mass is 303 g/mol. The lowest BCUT2D eigenvalue weighted by Crippen LogP contribution is -2.20. The minimum absolute atomic E-state index is 0.137. The summed E-state index contributed by atoms with van der Waals surface area (Å²) < 4.78 is 5.08. The quantitative estimate of drug-likeness (QED) is 0.929. The lowest BCUT2D eigenvalue weighted by atomic mass is 10.1. The Balaban J connectivity index is 2.19. The van der Waals surface area contributed by atoms with Crippen LogP contribution in [0.25, 0.3) is 0 Å². The predicted octanol–water partition coefficient (Wildman–Crippen LogP) is 1.95. The van der Waals surface area contributed by atoms with Crippen LogP contribution in [0.4, 0.5) is 11.6 Å². The molecule has 0 atom stereocenters.